The molecule has 1 atom stereocenters. The van der Waals surface area contributed by atoms with Crippen molar-refractivity contribution >= 4 is 11.6 Å². The first-order valence-corrected chi connectivity index (χ1v) is 5.56. The summed E-state index contributed by atoms with van der Waals surface area (Å²) in [6, 6.07) is 2.60. The molecule has 1 aliphatic rings. The highest BCUT2D eigenvalue weighted by molar-refractivity contribution is 6.30. The van der Waals surface area contributed by atoms with E-state index in [0.29, 0.717) is 11.2 Å². The zero-order chi connectivity index (χ0) is 9.97. The molecular weight excluding hydrogens is 196 g/mol. The molecule has 0 bridgehead atoms. The maximum atomic E-state index is 6.08. The second-order valence-electron chi connectivity index (χ2n) is 3.73. The van der Waals surface area contributed by atoms with Crippen LogP contribution < -0.4 is 5.32 Å². The summed E-state index contributed by atoms with van der Waals surface area (Å²) in [5.41, 5.74) is 2.43. The highest BCUT2D eigenvalue weighted by atomic mass is 35.5. The van der Waals surface area contributed by atoms with Crippen molar-refractivity contribution in [3.63, 3.8) is 0 Å². The molecule has 1 saturated heterocycles. The first-order chi connectivity index (χ1) is 6.81. The van der Waals surface area contributed by atoms with Crippen molar-refractivity contribution in [2.45, 2.75) is 32.2 Å². The molecule has 1 fully saturated rings. The quantitative estimate of drug-likeness (QED) is 0.760. The van der Waals surface area contributed by atoms with Crippen molar-refractivity contribution in [1.29, 1.82) is 0 Å². The predicted octanol–water partition coefficient (Wildman–Crippen LogP) is 2.72. The summed E-state index contributed by atoms with van der Waals surface area (Å²) in [6.07, 6.45) is 5.29. The highest BCUT2D eigenvalue weighted by Crippen LogP contribution is 2.28. The number of aryl methyl sites for hydroxylation is 1. The van der Waals surface area contributed by atoms with Crippen LogP contribution >= 0.6 is 11.6 Å². The average Bonchev–Trinajstić information content (AvgIpc) is 2.71. The SMILES string of the molecule is CCc1cnc(Cl)c([C@@H]2CCCN2)c1. The Balaban J connectivity index is 2.29. The largest absolute Gasteiger partial charge is 0.310 e. The average molecular weight is 211 g/mol. The molecule has 0 aromatic carbocycles. The minimum atomic E-state index is 0.418. The van der Waals surface area contributed by atoms with E-state index in [1.54, 1.807) is 0 Å². The van der Waals surface area contributed by atoms with Crippen LogP contribution in [0.5, 0.6) is 0 Å². The van der Waals surface area contributed by atoms with Gasteiger partial charge >= 0.3 is 0 Å². The van der Waals surface area contributed by atoms with Gasteiger partial charge in [0.15, 0.2) is 0 Å². The van der Waals surface area contributed by atoms with Crippen LogP contribution in [0.25, 0.3) is 0 Å². The Labute approximate surface area is 89.7 Å². The minimum absolute atomic E-state index is 0.418. The van der Waals surface area contributed by atoms with E-state index in [0.717, 1.165) is 13.0 Å². The summed E-state index contributed by atoms with van der Waals surface area (Å²) in [6.45, 7) is 3.23. The lowest BCUT2D eigenvalue weighted by molar-refractivity contribution is 0.644. The fourth-order valence-corrected chi connectivity index (χ4v) is 2.13. The Hall–Kier alpha value is -0.600. The van der Waals surface area contributed by atoms with Gasteiger partial charge in [0, 0.05) is 17.8 Å². The minimum Gasteiger partial charge on any atom is -0.310 e. The molecule has 0 radical (unpaired) electrons. The summed E-state index contributed by atoms with van der Waals surface area (Å²) in [4.78, 5) is 4.22. The Kier molecular flexibility index (Phi) is 3.04. The van der Waals surface area contributed by atoms with Gasteiger partial charge in [-0.05, 0) is 37.4 Å². The third kappa shape index (κ3) is 1.91. The number of nitrogens with one attached hydrogen (secondary N) is 1. The van der Waals surface area contributed by atoms with E-state index in [9.17, 15) is 0 Å². The van der Waals surface area contributed by atoms with Crippen LogP contribution in [-0.2, 0) is 6.42 Å². The van der Waals surface area contributed by atoms with Crippen molar-refractivity contribution in [3.05, 3.63) is 28.5 Å². The van der Waals surface area contributed by atoms with Gasteiger partial charge in [0.25, 0.3) is 0 Å². The lowest BCUT2D eigenvalue weighted by Crippen LogP contribution is -2.14. The normalized spacial score (nSPS) is 21.4. The van der Waals surface area contributed by atoms with E-state index in [1.807, 2.05) is 6.20 Å². The molecule has 14 heavy (non-hydrogen) atoms. The molecule has 0 spiro atoms. The van der Waals surface area contributed by atoms with Crippen molar-refractivity contribution in [2.75, 3.05) is 6.54 Å². The number of rotatable bonds is 2. The van der Waals surface area contributed by atoms with Crippen molar-refractivity contribution in [1.82, 2.24) is 10.3 Å². The number of hydrogen-bond acceptors (Lipinski definition) is 2. The van der Waals surface area contributed by atoms with Gasteiger partial charge in [-0.2, -0.15) is 0 Å². The lowest BCUT2D eigenvalue weighted by atomic mass is 10.0. The van der Waals surface area contributed by atoms with Gasteiger partial charge in [-0.1, -0.05) is 18.5 Å². The third-order valence-corrected chi connectivity index (χ3v) is 3.08. The van der Waals surface area contributed by atoms with E-state index in [1.165, 1.54) is 24.0 Å². The third-order valence-electron chi connectivity index (χ3n) is 2.77. The molecular formula is C11H15ClN2. The molecule has 0 unspecified atom stereocenters. The molecule has 2 rings (SSSR count). The maximum Gasteiger partial charge on any atom is 0.133 e. The number of hydrogen-bond donors (Lipinski definition) is 1. The summed E-state index contributed by atoms with van der Waals surface area (Å²) in [7, 11) is 0. The predicted molar refractivity (Wildman–Crippen MR) is 58.6 cm³/mol. The van der Waals surface area contributed by atoms with Gasteiger partial charge in [-0.25, -0.2) is 4.98 Å². The van der Waals surface area contributed by atoms with Crippen LogP contribution in [0.15, 0.2) is 12.3 Å². The molecule has 0 aliphatic carbocycles. The van der Waals surface area contributed by atoms with Gasteiger partial charge in [-0.15, -0.1) is 0 Å². The van der Waals surface area contributed by atoms with E-state index in [2.05, 4.69) is 23.3 Å². The Morgan fingerprint density at radius 2 is 2.50 bits per heavy atom. The summed E-state index contributed by atoms with van der Waals surface area (Å²) >= 11 is 6.08. The van der Waals surface area contributed by atoms with E-state index >= 15 is 0 Å². The van der Waals surface area contributed by atoms with E-state index in [4.69, 9.17) is 11.6 Å². The van der Waals surface area contributed by atoms with Crippen molar-refractivity contribution in [2.24, 2.45) is 0 Å². The van der Waals surface area contributed by atoms with Gasteiger partial charge in [0.1, 0.15) is 5.15 Å². The van der Waals surface area contributed by atoms with Crippen molar-refractivity contribution in [3.8, 4) is 0 Å². The number of pyridine rings is 1. The zero-order valence-corrected chi connectivity index (χ0v) is 9.14. The summed E-state index contributed by atoms with van der Waals surface area (Å²) in [5.74, 6) is 0. The first-order valence-electron chi connectivity index (χ1n) is 5.19. The molecule has 0 amide bonds. The topological polar surface area (TPSA) is 24.9 Å². The molecule has 2 nitrogen and oxygen atoms in total. The fraction of sp³-hybridized carbons (Fsp3) is 0.545. The first kappa shape index (κ1) is 9.94. The lowest BCUT2D eigenvalue weighted by Gasteiger charge is -2.12. The number of aromatic nitrogens is 1. The molecule has 0 saturated carbocycles. The van der Waals surface area contributed by atoms with Gasteiger partial charge < -0.3 is 5.32 Å². The Bertz CT molecular complexity index is 319. The Morgan fingerprint density at radius 3 is 3.14 bits per heavy atom. The van der Waals surface area contributed by atoms with Crippen LogP contribution in [-0.4, -0.2) is 11.5 Å². The van der Waals surface area contributed by atoms with Gasteiger partial charge in [0.2, 0.25) is 0 Å². The summed E-state index contributed by atoms with van der Waals surface area (Å²) in [5, 5.41) is 4.09. The van der Waals surface area contributed by atoms with Gasteiger partial charge in [-0.3, -0.25) is 0 Å². The fourth-order valence-electron chi connectivity index (χ4n) is 1.90. The van der Waals surface area contributed by atoms with Crippen LogP contribution in [0, 0.1) is 0 Å². The molecule has 1 N–H and O–H groups in total. The molecule has 2 heterocycles. The number of halogens is 1. The van der Waals surface area contributed by atoms with Gasteiger partial charge in [0.05, 0.1) is 0 Å². The highest BCUT2D eigenvalue weighted by Gasteiger charge is 2.19. The second kappa shape index (κ2) is 4.28. The van der Waals surface area contributed by atoms with E-state index in [-0.39, 0.29) is 0 Å². The molecule has 3 heteroatoms. The zero-order valence-electron chi connectivity index (χ0n) is 8.39. The second-order valence-corrected chi connectivity index (χ2v) is 4.08. The molecule has 76 valence electrons. The molecule has 1 aliphatic heterocycles. The number of nitrogens with zero attached hydrogens (tertiary/aromatic N) is 1. The standard InChI is InChI=1S/C11H15ClN2/c1-2-8-6-9(11(12)14-7-8)10-4-3-5-13-10/h6-7,10,13H,2-5H2,1H3/t10-/m0/s1. The maximum absolute atomic E-state index is 6.08. The smallest absolute Gasteiger partial charge is 0.133 e. The van der Waals surface area contributed by atoms with Crippen LogP contribution in [0.2, 0.25) is 5.15 Å². The van der Waals surface area contributed by atoms with Crippen LogP contribution in [0.1, 0.15) is 36.9 Å². The monoisotopic (exact) mass is 210 g/mol. The van der Waals surface area contributed by atoms with E-state index < -0.39 is 0 Å². The molecule has 1 aromatic rings. The summed E-state index contributed by atoms with van der Waals surface area (Å²) < 4.78 is 0. The Morgan fingerprint density at radius 1 is 1.64 bits per heavy atom. The van der Waals surface area contributed by atoms with Crippen LogP contribution in [0.4, 0.5) is 0 Å². The van der Waals surface area contributed by atoms with Crippen molar-refractivity contribution < 1.29 is 0 Å². The molecule has 1 aromatic heterocycles. The van der Waals surface area contributed by atoms with Crippen LogP contribution in [0.3, 0.4) is 0 Å².